The first-order valence-electron chi connectivity index (χ1n) is 5.49. The number of aromatic carboxylic acids is 1. The standard InChI is InChI=1S/C13H18O3/c1-9(2)7-10(3)16-12-6-4-5-11(8-12)13(14)15/h4-6,8-10H,7H2,1-3H3,(H,14,15). The Labute approximate surface area is 96.1 Å². The largest absolute Gasteiger partial charge is 0.491 e. The van der Waals surface area contributed by atoms with Crippen molar-refractivity contribution in [3.05, 3.63) is 29.8 Å². The number of carbonyl (C=O) groups is 1. The lowest BCUT2D eigenvalue weighted by Gasteiger charge is -2.16. The van der Waals surface area contributed by atoms with Crippen molar-refractivity contribution in [2.24, 2.45) is 5.92 Å². The molecule has 0 spiro atoms. The second kappa shape index (κ2) is 5.54. The molecule has 1 aromatic carbocycles. The lowest BCUT2D eigenvalue weighted by molar-refractivity contribution is 0.0696. The molecule has 0 amide bonds. The molecule has 1 N–H and O–H groups in total. The second-order valence-electron chi connectivity index (χ2n) is 4.39. The first kappa shape index (κ1) is 12.6. The van der Waals surface area contributed by atoms with Gasteiger partial charge in [-0.2, -0.15) is 0 Å². The average Bonchev–Trinajstić information content (AvgIpc) is 2.16. The van der Waals surface area contributed by atoms with Crippen molar-refractivity contribution in [2.75, 3.05) is 0 Å². The molecule has 0 aliphatic carbocycles. The molecule has 3 heteroatoms. The first-order chi connectivity index (χ1) is 7.49. The van der Waals surface area contributed by atoms with Gasteiger partial charge in [0.25, 0.3) is 0 Å². The molecule has 0 heterocycles. The lowest BCUT2D eigenvalue weighted by atomic mass is 10.1. The Morgan fingerprint density at radius 1 is 1.38 bits per heavy atom. The summed E-state index contributed by atoms with van der Waals surface area (Å²) in [5.41, 5.74) is 0.259. The van der Waals surface area contributed by atoms with Crippen molar-refractivity contribution in [1.29, 1.82) is 0 Å². The molecular formula is C13H18O3. The monoisotopic (exact) mass is 222 g/mol. The van der Waals surface area contributed by atoms with Crippen molar-refractivity contribution < 1.29 is 14.6 Å². The number of carboxylic acid groups (broad SMARTS) is 1. The molecule has 0 saturated carbocycles. The van der Waals surface area contributed by atoms with Gasteiger partial charge in [-0.25, -0.2) is 4.79 Å². The van der Waals surface area contributed by atoms with Crippen LogP contribution in [0.15, 0.2) is 24.3 Å². The predicted octanol–water partition coefficient (Wildman–Crippen LogP) is 3.20. The van der Waals surface area contributed by atoms with Gasteiger partial charge in [-0.05, 0) is 37.5 Å². The Hall–Kier alpha value is -1.51. The quantitative estimate of drug-likeness (QED) is 0.832. The van der Waals surface area contributed by atoms with E-state index >= 15 is 0 Å². The van der Waals surface area contributed by atoms with E-state index in [1.165, 1.54) is 0 Å². The Kier molecular flexibility index (Phi) is 4.35. The summed E-state index contributed by atoms with van der Waals surface area (Å²) in [5.74, 6) is 0.257. The average molecular weight is 222 g/mol. The Balaban J connectivity index is 2.66. The third-order valence-electron chi connectivity index (χ3n) is 2.22. The number of rotatable bonds is 5. The van der Waals surface area contributed by atoms with E-state index in [-0.39, 0.29) is 11.7 Å². The van der Waals surface area contributed by atoms with E-state index in [4.69, 9.17) is 9.84 Å². The van der Waals surface area contributed by atoms with E-state index < -0.39 is 5.97 Å². The van der Waals surface area contributed by atoms with Crippen LogP contribution in [0.5, 0.6) is 5.75 Å². The SMILES string of the molecule is CC(C)CC(C)Oc1cccc(C(=O)O)c1. The highest BCUT2D eigenvalue weighted by atomic mass is 16.5. The highest BCUT2D eigenvalue weighted by Gasteiger charge is 2.08. The maximum absolute atomic E-state index is 10.8. The minimum absolute atomic E-state index is 0.101. The third kappa shape index (κ3) is 3.93. The van der Waals surface area contributed by atoms with Crippen molar-refractivity contribution in [3.8, 4) is 5.75 Å². The summed E-state index contributed by atoms with van der Waals surface area (Å²) in [5, 5.41) is 8.83. The summed E-state index contributed by atoms with van der Waals surface area (Å²) < 4.78 is 5.65. The lowest BCUT2D eigenvalue weighted by Crippen LogP contribution is -2.14. The summed E-state index contributed by atoms with van der Waals surface area (Å²) in [6.07, 6.45) is 1.06. The number of benzene rings is 1. The van der Waals surface area contributed by atoms with E-state index in [1.807, 2.05) is 6.92 Å². The fourth-order valence-electron chi connectivity index (χ4n) is 1.65. The van der Waals surface area contributed by atoms with Crippen LogP contribution < -0.4 is 4.74 Å². The molecule has 0 fully saturated rings. The van der Waals surface area contributed by atoms with Gasteiger partial charge in [0.05, 0.1) is 11.7 Å². The molecule has 16 heavy (non-hydrogen) atoms. The van der Waals surface area contributed by atoms with Crippen LogP contribution in [-0.2, 0) is 0 Å². The van der Waals surface area contributed by atoms with Gasteiger partial charge in [-0.3, -0.25) is 0 Å². The number of carboxylic acids is 1. The van der Waals surface area contributed by atoms with E-state index in [9.17, 15) is 4.79 Å². The summed E-state index contributed by atoms with van der Waals surface area (Å²) >= 11 is 0. The zero-order valence-corrected chi connectivity index (χ0v) is 9.93. The topological polar surface area (TPSA) is 46.5 Å². The Bertz CT molecular complexity index is 358. The molecule has 1 aromatic rings. The van der Waals surface area contributed by atoms with E-state index in [0.717, 1.165) is 6.42 Å². The molecule has 1 rings (SSSR count). The molecule has 1 atom stereocenters. The molecule has 0 aliphatic rings. The van der Waals surface area contributed by atoms with E-state index in [2.05, 4.69) is 13.8 Å². The minimum Gasteiger partial charge on any atom is -0.491 e. The molecule has 0 radical (unpaired) electrons. The van der Waals surface area contributed by atoms with Crippen molar-refractivity contribution in [1.82, 2.24) is 0 Å². The van der Waals surface area contributed by atoms with Gasteiger partial charge in [-0.1, -0.05) is 19.9 Å². The van der Waals surface area contributed by atoms with Gasteiger partial charge in [0, 0.05) is 0 Å². The van der Waals surface area contributed by atoms with Crippen LogP contribution in [-0.4, -0.2) is 17.2 Å². The van der Waals surface area contributed by atoms with Gasteiger partial charge in [0.2, 0.25) is 0 Å². The molecule has 3 nitrogen and oxygen atoms in total. The predicted molar refractivity (Wildman–Crippen MR) is 62.9 cm³/mol. The Morgan fingerprint density at radius 2 is 2.06 bits per heavy atom. The first-order valence-corrected chi connectivity index (χ1v) is 5.49. The van der Waals surface area contributed by atoms with E-state index in [1.54, 1.807) is 24.3 Å². The fourth-order valence-corrected chi connectivity index (χ4v) is 1.65. The highest BCUT2D eigenvalue weighted by molar-refractivity contribution is 5.87. The smallest absolute Gasteiger partial charge is 0.335 e. The molecule has 0 aliphatic heterocycles. The van der Waals surface area contributed by atoms with Crippen LogP contribution in [0.25, 0.3) is 0 Å². The summed E-state index contributed by atoms with van der Waals surface area (Å²) in [4.78, 5) is 10.8. The molecule has 88 valence electrons. The van der Waals surface area contributed by atoms with Crippen LogP contribution in [0.4, 0.5) is 0 Å². The molecule has 1 unspecified atom stereocenters. The summed E-state index contributed by atoms with van der Waals surface area (Å²) in [7, 11) is 0. The summed E-state index contributed by atoms with van der Waals surface area (Å²) in [6, 6.07) is 6.59. The number of hydrogen-bond donors (Lipinski definition) is 1. The molecule has 0 aromatic heterocycles. The van der Waals surface area contributed by atoms with Crippen LogP contribution in [0, 0.1) is 5.92 Å². The van der Waals surface area contributed by atoms with Crippen molar-refractivity contribution in [2.45, 2.75) is 33.3 Å². The fraction of sp³-hybridized carbons (Fsp3) is 0.462. The van der Waals surface area contributed by atoms with Gasteiger partial charge in [0.15, 0.2) is 0 Å². The van der Waals surface area contributed by atoms with Crippen molar-refractivity contribution in [3.63, 3.8) is 0 Å². The van der Waals surface area contributed by atoms with Gasteiger partial charge < -0.3 is 9.84 Å². The maximum Gasteiger partial charge on any atom is 0.335 e. The van der Waals surface area contributed by atoms with Crippen LogP contribution in [0.3, 0.4) is 0 Å². The minimum atomic E-state index is -0.929. The highest BCUT2D eigenvalue weighted by Crippen LogP contribution is 2.17. The Morgan fingerprint density at radius 3 is 2.62 bits per heavy atom. The van der Waals surface area contributed by atoms with Gasteiger partial charge in [-0.15, -0.1) is 0 Å². The number of hydrogen-bond acceptors (Lipinski definition) is 2. The van der Waals surface area contributed by atoms with Gasteiger partial charge >= 0.3 is 5.97 Å². The van der Waals surface area contributed by atoms with Crippen molar-refractivity contribution >= 4 is 5.97 Å². The normalized spacial score (nSPS) is 12.5. The van der Waals surface area contributed by atoms with Crippen LogP contribution >= 0.6 is 0 Å². The second-order valence-corrected chi connectivity index (χ2v) is 4.39. The van der Waals surface area contributed by atoms with E-state index in [0.29, 0.717) is 11.7 Å². The van der Waals surface area contributed by atoms with Crippen LogP contribution in [0.2, 0.25) is 0 Å². The maximum atomic E-state index is 10.8. The zero-order chi connectivity index (χ0) is 12.1. The molecule has 0 bridgehead atoms. The summed E-state index contributed by atoms with van der Waals surface area (Å²) in [6.45, 7) is 6.26. The number of ether oxygens (including phenoxy) is 1. The molecular weight excluding hydrogens is 204 g/mol. The zero-order valence-electron chi connectivity index (χ0n) is 9.93. The van der Waals surface area contributed by atoms with Crippen LogP contribution in [0.1, 0.15) is 37.6 Å². The van der Waals surface area contributed by atoms with Gasteiger partial charge in [0.1, 0.15) is 5.75 Å². The third-order valence-corrected chi connectivity index (χ3v) is 2.22. The molecule has 0 saturated heterocycles.